The molecule has 0 spiro atoms. The van der Waals surface area contributed by atoms with Gasteiger partial charge in [0.05, 0.1) is 5.41 Å². The molecule has 1 aromatic rings. The summed E-state index contributed by atoms with van der Waals surface area (Å²) in [6, 6.07) is 1.22. The SMILES string of the molecule is C#CCCC[C@H]1OC(=O)[C@H](C(C)C)NC(=O)[C@@H]2CCCN2C(=O)[C@@H]2CCCN2C(=O)[C@@H](Cc2ccccc2)OC(=O)[C@H](C(C)C)N(C)C(=O)[C@H](C)N(C)C(=O)[C@H](C)N(C)C(=O)[C@H]([C@@H](C)CC)NC(=O)C1(C)C. The lowest BCUT2D eigenvalue weighted by molar-refractivity contribution is -0.169. The van der Waals surface area contributed by atoms with E-state index in [1.165, 1.54) is 59.5 Å². The zero-order valence-corrected chi connectivity index (χ0v) is 44.9. The number of carbonyl (C=O) groups is 9. The van der Waals surface area contributed by atoms with Crippen molar-refractivity contribution in [3.63, 3.8) is 0 Å². The van der Waals surface area contributed by atoms with Crippen LogP contribution in [-0.4, -0.2) is 167 Å². The van der Waals surface area contributed by atoms with Crippen LogP contribution < -0.4 is 10.6 Å². The van der Waals surface area contributed by atoms with Crippen molar-refractivity contribution < 1.29 is 52.6 Å². The molecule has 3 aliphatic heterocycles. The number of hydrogen-bond acceptors (Lipinski definition) is 11. The molecule has 7 amide bonds. The third kappa shape index (κ3) is 13.5. The third-order valence-electron chi connectivity index (χ3n) is 15.1. The fourth-order valence-electron chi connectivity index (χ4n) is 9.79. The summed E-state index contributed by atoms with van der Waals surface area (Å²) in [6.07, 6.45) is 5.97. The molecule has 3 heterocycles. The number of nitrogens with zero attached hydrogens (tertiary/aromatic N) is 5. The van der Waals surface area contributed by atoms with Crippen molar-refractivity contribution in [2.24, 2.45) is 23.2 Å². The highest BCUT2D eigenvalue weighted by Crippen LogP contribution is 2.31. The number of likely N-dealkylation sites (N-methyl/N-ethyl adjacent to an activating group) is 3. The molecule has 398 valence electrons. The maximum atomic E-state index is 14.8. The van der Waals surface area contributed by atoms with Gasteiger partial charge in [0.25, 0.3) is 5.91 Å². The summed E-state index contributed by atoms with van der Waals surface area (Å²) in [5.74, 6) is -4.54. The average Bonchev–Trinajstić information content (AvgIpc) is 4.06. The Kier molecular flexibility index (Phi) is 20.8. The lowest BCUT2D eigenvalue weighted by atomic mass is 9.81. The average molecular weight is 1000 g/mol. The number of esters is 2. The zero-order valence-electron chi connectivity index (χ0n) is 44.9. The highest BCUT2D eigenvalue weighted by atomic mass is 16.6. The van der Waals surface area contributed by atoms with E-state index >= 15 is 0 Å². The lowest BCUT2D eigenvalue weighted by Crippen LogP contribution is -2.60. The number of nitrogens with one attached hydrogen (secondary N) is 2. The number of hydrogen-bond donors (Lipinski definition) is 2. The van der Waals surface area contributed by atoms with Crippen LogP contribution in [0.1, 0.15) is 126 Å². The predicted molar refractivity (Wildman–Crippen MR) is 270 cm³/mol. The maximum absolute atomic E-state index is 14.8. The second-order valence-corrected chi connectivity index (χ2v) is 21.2. The van der Waals surface area contributed by atoms with Crippen LogP contribution in [0.2, 0.25) is 0 Å². The Morgan fingerprint density at radius 2 is 1.25 bits per heavy atom. The van der Waals surface area contributed by atoms with Crippen LogP contribution >= 0.6 is 0 Å². The molecule has 0 saturated carbocycles. The van der Waals surface area contributed by atoms with Crippen LogP contribution in [-0.2, 0) is 59.0 Å². The normalized spacial score (nSPS) is 28.7. The van der Waals surface area contributed by atoms with Gasteiger partial charge in [-0.2, -0.15) is 0 Å². The highest BCUT2D eigenvalue weighted by molar-refractivity contribution is 5.97. The monoisotopic (exact) mass is 1000 g/mol. The van der Waals surface area contributed by atoms with E-state index < -0.39 is 131 Å². The van der Waals surface area contributed by atoms with Crippen LogP contribution in [0.15, 0.2) is 30.3 Å². The molecular weight excluding hydrogens is 923 g/mol. The number of benzene rings is 1. The summed E-state index contributed by atoms with van der Waals surface area (Å²) in [5.41, 5.74) is -0.769. The maximum Gasteiger partial charge on any atom is 0.329 e. The van der Waals surface area contributed by atoms with Gasteiger partial charge in [-0.05, 0) is 89.5 Å². The Bertz CT molecular complexity index is 2180. The first-order valence-electron chi connectivity index (χ1n) is 25.7. The fourth-order valence-corrected chi connectivity index (χ4v) is 9.79. The number of terminal acetylenes is 1. The van der Waals surface area contributed by atoms with Crippen molar-refractivity contribution in [3.05, 3.63) is 35.9 Å². The number of fused-ring (bicyclic) bond motifs is 2. The van der Waals surface area contributed by atoms with E-state index in [1.807, 2.05) is 13.0 Å². The van der Waals surface area contributed by atoms with E-state index in [2.05, 4.69) is 16.6 Å². The van der Waals surface area contributed by atoms with Gasteiger partial charge in [0.15, 0.2) is 6.10 Å². The summed E-state index contributed by atoms with van der Waals surface area (Å²) in [4.78, 5) is 136. The Morgan fingerprint density at radius 1 is 0.694 bits per heavy atom. The number of cyclic esters (lactones) is 2. The van der Waals surface area contributed by atoms with Crippen molar-refractivity contribution in [2.45, 2.75) is 182 Å². The van der Waals surface area contributed by atoms with Gasteiger partial charge in [0, 0.05) is 47.1 Å². The Labute approximate surface area is 427 Å². The quantitative estimate of drug-likeness (QED) is 0.207. The molecule has 0 radical (unpaired) electrons. The van der Waals surface area contributed by atoms with E-state index in [0.717, 1.165) is 0 Å². The molecule has 18 nitrogen and oxygen atoms in total. The Morgan fingerprint density at radius 3 is 1.81 bits per heavy atom. The number of amides is 7. The first kappa shape index (κ1) is 58.6. The van der Waals surface area contributed by atoms with Crippen LogP contribution in [0, 0.1) is 35.5 Å². The number of unbranched alkanes of at least 4 members (excludes halogenated alkanes) is 1. The largest absolute Gasteiger partial charge is 0.460 e. The molecular formula is C54H81N7O11. The molecule has 3 aliphatic rings. The lowest BCUT2D eigenvalue weighted by Gasteiger charge is -2.38. The molecule has 0 bridgehead atoms. The summed E-state index contributed by atoms with van der Waals surface area (Å²) in [6.45, 7) is 17.2. The van der Waals surface area contributed by atoms with Gasteiger partial charge in [-0.3, -0.25) is 33.6 Å². The van der Waals surface area contributed by atoms with E-state index in [-0.39, 0.29) is 25.9 Å². The molecule has 0 unspecified atom stereocenters. The molecule has 4 rings (SSSR count). The number of rotatable bonds is 9. The smallest absolute Gasteiger partial charge is 0.329 e. The third-order valence-corrected chi connectivity index (χ3v) is 15.1. The first-order chi connectivity index (χ1) is 33.8. The van der Waals surface area contributed by atoms with Crippen molar-refractivity contribution in [1.82, 2.24) is 35.1 Å². The number of carbonyl (C=O) groups excluding carboxylic acids is 9. The second-order valence-electron chi connectivity index (χ2n) is 21.2. The molecule has 3 fully saturated rings. The zero-order chi connectivity index (χ0) is 53.9. The summed E-state index contributed by atoms with van der Waals surface area (Å²) in [5, 5.41) is 5.76. The Balaban J connectivity index is 1.83. The van der Waals surface area contributed by atoms with E-state index in [0.29, 0.717) is 50.5 Å². The molecule has 3 saturated heterocycles. The van der Waals surface area contributed by atoms with Crippen LogP contribution in [0.25, 0.3) is 0 Å². The molecule has 10 atom stereocenters. The minimum atomic E-state index is -1.45. The Hall–Kier alpha value is -5.99. The van der Waals surface area contributed by atoms with Crippen LogP contribution in [0.3, 0.4) is 0 Å². The predicted octanol–water partition coefficient (Wildman–Crippen LogP) is 3.73. The van der Waals surface area contributed by atoms with Crippen LogP contribution in [0.5, 0.6) is 0 Å². The van der Waals surface area contributed by atoms with Gasteiger partial charge >= 0.3 is 11.9 Å². The van der Waals surface area contributed by atoms with Gasteiger partial charge in [0.2, 0.25) is 35.4 Å². The van der Waals surface area contributed by atoms with E-state index in [1.54, 1.807) is 72.7 Å². The fraction of sp³-hybridized carbons (Fsp3) is 0.685. The molecule has 0 aromatic heterocycles. The van der Waals surface area contributed by atoms with E-state index in [4.69, 9.17) is 15.9 Å². The minimum Gasteiger partial charge on any atom is -0.460 e. The van der Waals surface area contributed by atoms with Gasteiger partial charge < -0.3 is 44.6 Å². The number of ether oxygens (including phenoxy) is 2. The summed E-state index contributed by atoms with van der Waals surface area (Å²) in [7, 11) is 4.30. The minimum absolute atomic E-state index is 0.0337. The second kappa shape index (κ2) is 25.6. The van der Waals surface area contributed by atoms with Crippen molar-refractivity contribution in [1.29, 1.82) is 0 Å². The standard InChI is InChI=1S/C54H81N7O11/c1-15-17-19-28-41-54(10,11)53(70)56-43(34(7)16-2)50(67)58(13)35(8)46(63)57(12)36(9)47(64)59(14)44(33(5)6)52(69)71-40(31-37-24-20-18-21-25-37)49(66)61-30-23-27-39(61)48(65)60-29-22-26-38(60)45(62)55-42(32(3)4)51(68)72-41/h1,18,20-21,24-25,32-36,38-44H,16-17,19,22-23,26-31H2,2-14H3,(H,55,62)(H,56,70)/t34-,35-,36-,38-,39-,40+,41+,42-,43-,44-/m0/s1. The topological polar surface area (TPSA) is 212 Å². The van der Waals surface area contributed by atoms with Crippen molar-refractivity contribution in [2.75, 3.05) is 34.2 Å². The van der Waals surface area contributed by atoms with Crippen LogP contribution in [0.4, 0.5) is 0 Å². The van der Waals surface area contributed by atoms with Gasteiger partial charge in [-0.1, -0.05) is 78.3 Å². The first-order valence-corrected chi connectivity index (χ1v) is 25.7. The van der Waals surface area contributed by atoms with Gasteiger partial charge in [-0.25, -0.2) is 9.59 Å². The molecule has 1 aromatic carbocycles. The van der Waals surface area contributed by atoms with Gasteiger partial charge in [-0.15, -0.1) is 12.3 Å². The van der Waals surface area contributed by atoms with E-state index in [9.17, 15) is 43.2 Å². The van der Waals surface area contributed by atoms with Gasteiger partial charge in [0.1, 0.15) is 48.4 Å². The summed E-state index contributed by atoms with van der Waals surface area (Å²) >= 11 is 0. The highest BCUT2D eigenvalue weighted by Gasteiger charge is 2.48. The van der Waals surface area contributed by atoms with Crippen molar-refractivity contribution >= 4 is 53.3 Å². The molecule has 2 N–H and O–H groups in total. The molecule has 18 heteroatoms. The van der Waals surface area contributed by atoms with Crippen molar-refractivity contribution in [3.8, 4) is 12.3 Å². The molecule has 0 aliphatic carbocycles. The summed E-state index contributed by atoms with van der Waals surface area (Å²) < 4.78 is 12.3. The molecule has 72 heavy (non-hydrogen) atoms.